The van der Waals surface area contributed by atoms with Gasteiger partial charge in [0.2, 0.25) is 11.8 Å². The molecule has 1 unspecified atom stereocenters. The molecule has 1 atom stereocenters. The van der Waals surface area contributed by atoms with E-state index in [1.807, 2.05) is 6.92 Å². The molecule has 0 aromatic heterocycles. The van der Waals surface area contributed by atoms with E-state index < -0.39 is 0 Å². The Morgan fingerprint density at radius 2 is 2.35 bits per heavy atom. The van der Waals surface area contributed by atoms with E-state index in [-0.39, 0.29) is 24.5 Å². The van der Waals surface area contributed by atoms with Gasteiger partial charge < -0.3 is 15.3 Å². The Kier molecular flexibility index (Phi) is 5.97. The molecule has 0 bridgehead atoms. The molecule has 17 heavy (non-hydrogen) atoms. The van der Waals surface area contributed by atoms with Crippen molar-refractivity contribution in [2.24, 2.45) is 0 Å². The summed E-state index contributed by atoms with van der Waals surface area (Å²) >= 11 is 0. The molecule has 1 rings (SSSR count). The fourth-order valence-electron chi connectivity index (χ4n) is 1.99. The fraction of sp³-hybridized carbons (Fsp3) is 0.833. The molecule has 0 aromatic rings. The van der Waals surface area contributed by atoms with Gasteiger partial charge in [-0.3, -0.25) is 9.59 Å². The molecule has 5 heteroatoms. The third-order valence-corrected chi connectivity index (χ3v) is 2.98. The van der Waals surface area contributed by atoms with E-state index in [1.165, 1.54) is 0 Å². The maximum atomic E-state index is 11.6. The molecule has 1 heterocycles. The summed E-state index contributed by atoms with van der Waals surface area (Å²) in [5.74, 6) is 0.140. The van der Waals surface area contributed by atoms with Crippen LogP contribution < -0.4 is 5.32 Å². The molecule has 1 fully saturated rings. The lowest BCUT2D eigenvalue weighted by atomic mass is 10.2. The number of hydrogen-bond donors (Lipinski definition) is 2. The van der Waals surface area contributed by atoms with Crippen LogP contribution in [0.3, 0.4) is 0 Å². The van der Waals surface area contributed by atoms with Crippen molar-refractivity contribution in [2.45, 2.75) is 45.1 Å². The number of aliphatic hydroxyl groups is 1. The zero-order valence-corrected chi connectivity index (χ0v) is 10.4. The summed E-state index contributed by atoms with van der Waals surface area (Å²) in [6.45, 7) is 3.39. The molecule has 98 valence electrons. The van der Waals surface area contributed by atoms with Gasteiger partial charge in [-0.05, 0) is 26.2 Å². The normalized spacial score (nSPS) is 17.3. The number of nitrogens with zero attached hydrogens (tertiary/aromatic N) is 1. The highest BCUT2D eigenvalue weighted by molar-refractivity contribution is 5.80. The van der Waals surface area contributed by atoms with Crippen molar-refractivity contribution >= 4 is 11.8 Å². The lowest BCUT2D eigenvalue weighted by molar-refractivity contribution is -0.128. The first-order chi connectivity index (χ1) is 8.13. The molecule has 0 spiro atoms. The number of likely N-dealkylation sites (tertiary alicyclic amines) is 1. The Hall–Kier alpha value is -1.10. The van der Waals surface area contributed by atoms with Gasteiger partial charge in [0.15, 0.2) is 0 Å². The maximum Gasteiger partial charge on any atom is 0.222 e. The van der Waals surface area contributed by atoms with E-state index in [0.29, 0.717) is 25.8 Å². The average molecular weight is 242 g/mol. The maximum absolute atomic E-state index is 11.6. The van der Waals surface area contributed by atoms with Crippen molar-refractivity contribution < 1.29 is 14.7 Å². The lowest BCUT2D eigenvalue weighted by Crippen LogP contribution is -2.36. The lowest BCUT2D eigenvalue weighted by Gasteiger charge is -2.17. The summed E-state index contributed by atoms with van der Waals surface area (Å²) in [5, 5.41) is 11.5. The van der Waals surface area contributed by atoms with E-state index in [9.17, 15) is 9.59 Å². The van der Waals surface area contributed by atoms with Crippen molar-refractivity contribution in [3.63, 3.8) is 0 Å². The molecule has 0 aromatic carbocycles. The first kappa shape index (κ1) is 14.0. The van der Waals surface area contributed by atoms with Gasteiger partial charge in [0.1, 0.15) is 0 Å². The van der Waals surface area contributed by atoms with Gasteiger partial charge in [-0.1, -0.05) is 0 Å². The van der Waals surface area contributed by atoms with E-state index in [1.54, 1.807) is 4.90 Å². The van der Waals surface area contributed by atoms with Gasteiger partial charge in [-0.2, -0.15) is 0 Å². The monoisotopic (exact) mass is 242 g/mol. The van der Waals surface area contributed by atoms with Crippen molar-refractivity contribution in [2.75, 3.05) is 19.7 Å². The molecule has 0 radical (unpaired) electrons. The first-order valence-corrected chi connectivity index (χ1v) is 6.31. The van der Waals surface area contributed by atoms with Gasteiger partial charge in [-0.25, -0.2) is 0 Å². The average Bonchev–Trinajstić information content (AvgIpc) is 2.69. The second-order valence-electron chi connectivity index (χ2n) is 4.57. The number of hydrogen-bond acceptors (Lipinski definition) is 3. The molecule has 5 nitrogen and oxygen atoms in total. The Labute approximate surface area is 102 Å². The minimum absolute atomic E-state index is 0.0184. The molecule has 1 saturated heterocycles. The number of rotatable bonds is 7. The Morgan fingerprint density at radius 1 is 1.59 bits per heavy atom. The summed E-state index contributed by atoms with van der Waals surface area (Å²) in [6.07, 6.45) is 3.38. The molecular formula is C12H22N2O3. The van der Waals surface area contributed by atoms with Gasteiger partial charge in [0.05, 0.1) is 0 Å². The highest BCUT2D eigenvalue weighted by Crippen LogP contribution is 2.09. The van der Waals surface area contributed by atoms with Crippen LogP contribution >= 0.6 is 0 Å². The minimum Gasteiger partial charge on any atom is -0.396 e. The van der Waals surface area contributed by atoms with E-state index in [0.717, 1.165) is 19.4 Å². The topological polar surface area (TPSA) is 69.6 Å². The van der Waals surface area contributed by atoms with E-state index in [2.05, 4.69) is 5.32 Å². The SMILES string of the molecule is CC(CCCO)NC(=O)CCN1CCCC1=O. The predicted molar refractivity (Wildman–Crippen MR) is 64.4 cm³/mol. The summed E-state index contributed by atoms with van der Waals surface area (Å²) in [7, 11) is 0. The molecule has 0 saturated carbocycles. The van der Waals surface area contributed by atoms with Gasteiger partial charge in [0, 0.05) is 38.6 Å². The van der Waals surface area contributed by atoms with E-state index in [4.69, 9.17) is 5.11 Å². The smallest absolute Gasteiger partial charge is 0.222 e. The zero-order valence-electron chi connectivity index (χ0n) is 10.4. The van der Waals surface area contributed by atoms with Crippen LogP contribution in [0.4, 0.5) is 0 Å². The standard InChI is InChI=1S/C12H22N2O3/c1-10(4-3-9-15)13-11(16)6-8-14-7-2-5-12(14)17/h10,15H,2-9H2,1H3,(H,13,16). The Bertz CT molecular complexity index is 268. The van der Waals surface area contributed by atoms with Crippen LogP contribution in [-0.2, 0) is 9.59 Å². The van der Waals surface area contributed by atoms with Crippen LogP contribution in [-0.4, -0.2) is 47.6 Å². The Balaban J connectivity index is 2.14. The summed E-state index contributed by atoms with van der Waals surface area (Å²) in [4.78, 5) is 24.6. The summed E-state index contributed by atoms with van der Waals surface area (Å²) < 4.78 is 0. The second-order valence-corrected chi connectivity index (χ2v) is 4.57. The minimum atomic E-state index is -0.0184. The van der Waals surface area contributed by atoms with Gasteiger partial charge in [0.25, 0.3) is 0 Å². The van der Waals surface area contributed by atoms with Crippen molar-refractivity contribution in [3.8, 4) is 0 Å². The largest absolute Gasteiger partial charge is 0.396 e. The molecule has 2 N–H and O–H groups in total. The quantitative estimate of drug-likeness (QED) is 0.673. The summed E-state index contributed by atoms with van der Waals surface area (Å²) in [6, 6.07) is 0.0870. The highest BCUT2D eigenvalue weighted by atomic mass is 16.3. The van der Waals surface area contributed by atoms with Crippen molar-refractivity contribution in [1.29, 1.82) is 0 Å². The van der Waals surface area contributed by atoms with Gasteiger partial charge >= 0.3 is 0 Å². The van der Waals surface area contributed by atoms with Crippen LogP contribution in [0.5, 0.6) is 0 Å². The van der Waals surface area contributed by atoms with Crippen molar-refractivity contribution in [3.05, 3.63) is 0 Å². The van der Waals surface area contributed by atoms with Crippen LogP contribution in [0.2, 0.25) is 0 Å². The number of carbonyl (C=O) groups is 2. The second kappa shape index (κ2) is 7.27. The third kappa shape index (κ3) is 5.17. The molecule has 0 aliphatic carbocycles. The van der Waals surface area contributed by atoms with Crippen LogP contribution in [0, 0.1) is 0 Å². The summed E-state index contributed by atoms with van der Waals surface area (Å²) in [5.41, 5.74) is 0. The number of amides is 2. The van der Waals surface area contributed by atoms with Crippen molar-refractivity contribution in [1.82, 2.24) is 10.2 Å². The molecule has 1 aliphatic heterocycles. The number of aliphatic hydroxyl groups excluding tert-OH is 1. The third-order valence-electron chi connectivity index (χ3n) is 2.98. The molecule has 1 aliphatic rings. The highest BCUT2D eigenvalue weighted by Gasteiger charge is 2.20. The van der Waals surface area contributed by atoms with Crippen LogP contribution in [0.1, 0.15) is 39.0 Å². The van der Waals surface area contributed by atoms with Gasteiger partial charge in [-0.15, -0.1) is 0 Å². The first-order valence-electron chi connectivity index (χ1n) is 6.31. The predicted octanol–water partition coefficient (Wildman–Crippen LogP) is 0.276. The van der Waals surface area contributed by atoms with Crippen LogP contribution in [0.15, 0.2) is 0 Å². The number of nitrogens with one attached hydrogen (secondary N) is 1. The zero-order chi connectivity index (χ0) is 12.7. The fourth-order valence-corrected chi connectivity index (χ4v) is 1.99. The molecular weight excluding hydrogens is 220 g/mol. The van der Waals surface area contributed by atoms with E-state index >= 15 is 0 Å². The van der Waals surface area contributed by atoms with Crippen LogP contribution in [0.25, 0.3) is 0 Å². The number of carbonyl (C=O) groups excluding carboxylic acids is 2. The molecule has 2 amide bonds. The Morgan fingerprint density at radius 3 is 2.94 bits per heavy atom.